The van der Waals surface area contributed by atoms with Gasteiger partial charge in [-0.2, -0.15) is 12.1 Å². The molecule has 0 aliphatic heterocycles. The molecule has 0 unspecified atom stereocenters. The summed E-state index contributed by atoms with van der Waals surface area (Å²) >= 11 is -0.826. The van der Waals surface area contributed by atoms with E-state index in [4.69, 9.17) is 17.0 Å². The van der Waals surface area contributed by atoms with Gasteiger partial charge in [0, 0.05) is 9.52 Å². The van der Waals surface area contributed by atoms with Crippen molar-refractivity contribution in [1.82, 2.24) is 0 Å². The van der Waals surface area contributed by atoms with Gasteiger partial charge in [0.1, 0.15) is 0 Å². The quantitative estimate of drug-likeness (QED) is 0.106. The Morgan fingerprint density at radius 2 is 0.885 bits per heavy atom. The summed E-state index contributed by atoms with van der Waals surface area (Å²) in [4.78, 5) is 0. The average Bonchev–Trinajstić information content (AvgIpc) is 3.81. The number of hydrogen-bond donors (Lipinski definition) is 0. The summed E-state index contributed by atoms with van der Waals surface area (Å²) < 4.78 is 0. The summed E-state index contributed by atoms with van der Waals surface area (Å²) in [5.41, 5.74) is 8.24. The first-order valence-corrected chi connectivity index (χ1v) is 26.8. The summed E-state index contributed by atoms with van der Waals surface area (Å²) in [6.07, 6.45) is 7.39. The molecule has 0 saturated heterocycles. The molecule has 0 saturated carbocycles. The van der Waals surface area contributed by atoms with Gasteiger partial charge in [-0.3, -0.25) is 0 Å². The number of benzene rings is 6. The Hall–Kier alpha value is -3.26. The summed E-state index contributed by atoms with van der Waals surface area (Å²) in [6.45, 7) is 8.81. The van der Waals surface area contributed by atoms with E-state index in [0.717, 1.165) is 9.52 Å². The molecule has 0 aromatic heterocycles. The Bertz CT molecular complexity index is 2130. The molecule has 0 amide bonds. The van der Waals surface area contributed by atoms with Gasteiger partial charge in [-0.15, -0.1) is 69.1 Å². The molecule has 0 aliphatic carbocycles. The minimum atomic E-state index is -0.826. The molecule has 8 aromatic carbocycles. The van der Waals surface area contributed by atoms with Crippen molar-refractivity contribution in [3.8, 4) is 22.3 Å². The van der Waals surface area contributed by atoms with E-state index in [2.05, 4.69) is 173 Å². The molecule has 0 fully saturated rings. The van der Waals surface area contributed by atoms with Crippen LogP contribution in [0.15, 0.2) is 146 Å². The number of rotatable bonds is 8. The van der Waals surface area contributed by atoms with Crippen molar-refractivity contribution >= 4 is 69.6 Å². The fraction of sp³-hybridized carbons (Fsp3) is 0.208. The maximum atomic E-state index is 4.93. The second-order valence-corrected chi connectivity index (χ2v) is 18.0. The summed E-state index contributed by atoms with van der Waals surface area (Å²) in [6, 6.07) is 53.5. The molecule has 8 aromatic rings. The second kappa shape index (κ2) is 20.8. The van der Waals surface area contributed by atoms with Crippen LogP contribution in [-0.2, 0) is 33.7 Å². The molecule has 52 heavy (non-hydrogen) atoms. The van der Waals surface area contributed by atoms with E-state index in [9.17, 15) is 0 Å². The molecule has 262 valence electrons. The average molecular weight is 815 g/mol. The fourth-order valence-electron chi connectivity index (χ4n) is 6.86. The molecule has 8 rings (SSSR count). The minimum absolute atomic E-state index is 0.826. The van der Waals surface area contributed by atoms with Crippen molar-refractivity contribution in [1.29, 1.82) is 0 Å². The van der Waals surface area contributed by atoms with E-state index in [1.807, 2.05) is 0 Å². The van der Waals surface area contributed by atoms with Crippen LogP contribution in [0.1, 0.15) is 50.7 Å². The van der Waals surface area contributed by atoms with Crippen molar-refractivity contribution in [3.63, 3.8) is 0 Å². The topological polar surface area (TPSA) is 0 Å². The van der Waals surface area contributed by atoms with Crippen molar-refractivity contribution in [2.24, 2.45) is 0 Å². The number of fused-ring (bicyclic) bond motifs is 4. The predicted octanol–water partition coefficient (Wildman–Crippen LogP) is 15.6. The van der Waals surface area contributed by atoms with Gasteiger partial charge < -0.3 is 0 Å². The molecular weight excluding hydrogens is 767 g/mol. The van der Waals surface area contributed by atoms with Gasteiger partial charge in [-0.25, -0.2) is 0 Å². The molecule has 4 heteroatoms. The summed E-state index contributed by atoms with van der Waals surface area (Å²) in [5.74, 6) is 0. The Labute approximate surface area is 332 Å². The monoisotopic (exact) mass is 812 g/mol. The zero-order valence-corrected chi connectivity index (χ0v) is 35.8. The molecule has 0 bridgehead atoms. The maximum absolute atomic E-state index is 4.93. The van der Waals surface area contributed by atoms with Gasteiger partial charge in [-0.1, -0.05) is 149 Å². The normalized spacial score (nSPS) is 10.6. The van der Waals surface area contributed by atoms with Crippen molar-refractivity contribution in [2.45, 2.75) is 65.5 Å². The van der Waals surface area contributed by atoms with Gasteiger partial charge in [0.05, 0.1) is 0 Å². The van der Waals surface area contributed by atoms with Crippen LogP contribution in [-0.4, -0.2) is 9.52 Å². The number of aryl methyl sites for hydroxylation is 2. The van der Waals surface area contributed by atoms with Gasteiger partial charge in [-0.05, 0) is 57.6 Å². The van der Waals surface area contributed by atoms with Crippen LogP contribution in [0.5, 0.6) is 0 Å². The van der Waals surface area contributed by atoms with Crippen LogP contribution in [0.3, 0.4) is 0 Å². The Morgan fingerprint density at radius 3 is 1.27 bits per heavy atom. The molecule has 2 radical (unpaired) electrons. The van der Waals surface area contributed by atoms with Gasteiger partial charge >= 0.3 is 37.9 Å². The van der Waals surface area contributed by atoms with Crippen LogP contribution in [0, 0.1) is 0 Å². The Balaban J connectivity index is 0.000000175. The molecule has 0 spiro atoms. The van der Waals surface area contributed by atoms with Crippen molar-refractivity contribution in [3.05, 3.63) is 157 Å². The third-order valence-corrected chi connectivity index (χ3v) is 9.38. The summed E-state index contributed by atoms with van der Waals surface area (Å²) in [5, 5.41) is 10.7. The van der Waals surface area contributed by atoms with E-state index in [0.29, 0.717) is 0 Å². The van der Waals surface area contributed by atoms with E-state index >= 15 is 0 Å². The van der Waals surface area contributed by atoms with Gasteiger partial charge in [0.2, 0.25) is 0 Å². The van der Waals surface area contributed by atoms with Crippen molar-refractivity contribution < 1.29 is 20.8 Å². The fourth-order valence-corrected chi connectivity index (χ4v) is 6.86. The Morgan fingerprint density at radius 1 is 0.500 bits per heavy atom. The molecular formula is C48H48Cl2SiZr. The molecule has 0 nitrogen and oxygen atoms in total. The third-order valence-electron chi connectivity index (χ3n) is 9.38. The summed E-state index contributed by atoms with van der Waals surface area (Å²) in [7, 11) is 11.0. The van der Waals surface area contributed by atoms with E-state index in [-0.39, 0.29) is 0 Å². The molecule has 0 heterocycles. The van der Waals surface area contributed by atoms with Crippen LogP contribution in [0.4, 0.5) is 0 Å². The standard InChI is InChI=1S/2C23H21.C2H6Si.2ClH.Zr/c2*1-2-3-7-17-14-20-10-6-11-22(23(20)15-17)21-13-12-18-8-4-5-9-19(18)16-21;1-3-2;;;/h2*4-6,8-16H,2-3,7H2,1H3;1-2H3;2*1H;/q2*-1;;;;+4/p-2. The van der Waals surface area contributed by atoms with Gasteiger partial charge in [0.15, 0.2) is 0 Å². The molecule has 0 atom stereocenters. The molecule has 0 N–H and O–H groups in total. The zero-order valence-electron chi connectivity index (χ0n) is 30.9. The SMILES string of the molecule is CCCCc1cc2c(-c3ccc4ccccc4c3)cccc2[cH-]1.CCCCc1cc2c(-c3ccc4ccccc4c3)cccc2[cH-]1.C[Si]C.[Cl][Zr+2][Cl]. The second-order valence-electron chi connectivity index (χ2n) is 13.2. The molecule has 0 aliphatic rings. The van der Waals surface area contributed by atoms with Crippen LogP contribution >= 0.6 is 17.0 Å². The first-order chi connectivity index (χ1) is 25.5. The number of hydrogen-bond acceptors (Lipinski definition) is 0. The van der Waals surface area contributed by atoms with E-state index < -0.39 is 20.8 Å². The van der Waals surface area contributed by atoms with Gasteiger partial charge in [0.25, 0.3) is 0 Å². The van der Waals surface area contributed by atoms with Crippen molar-refractivity contribution in [2.75, 3.05) is 0 Å². The Kier molecular flexibility index (Phi) is 16.0. The first kappa shape index (κ1) is 39.9. The third kappa shape index (κ3) is 10.4. The van der Waals surface area contributed by atoms with E-state index in [1.54, 1.807) is 0 Å². The van der Waals surface area contributed by atoms with Crippen LogP contribution in [0.25, 0.3) is 65.3 Å². The first-order valence-electron chi connectivity index (χ1n) is 18.4. The number of unbranched alkanes of at least 4 members (excludes halogenated alkanes) is 2. The van der Waals surface area contributed by atoms with Crippen LogP contribution < -0.4 is 0 Å². The van der Waals surface area contributed by atoms with Crippen LogP contribution in [0.2, 0.25) is 13.1 Å². The van der Waals surface area contributed by atoms with E-state index in [1.165, 1.54) is 115 Å². The zero-order chi connectivity index (χ0) is 36.7. The predicted molar refractivity (Wildman–Crippen MR) is 231 cm³/mol. The number of halogens is 2.